The van der Waals surface area contributed by atoms with E-state index in [0.717, 1.165) is 19.5 Å². The Kier molecular flexibility index (Phi) is 5.85. The van der Waals surface area contributed by atoms with Crippen molar-refractivity contribution >= 4 is 22.7 Å². The summed E-state index contributed by atoms with van der Waals surface area (Å²) in [6.45, 7) is 5.98. The summed E-state index contributed by atoms with van der Waals surface area (Å²) in [6.07, 6.45) is 2.12. The normalized spacial score (nSPS) is 10.9. The molecular formula is C19H23N5O3. The van der Waals surface area contributed by atoms with Gasteiger partial charge < -0.3 is 14.7 Å². The van der Waals surface area contributed by atoms with Crippen molar-refractivity contribution < 1.29 is 9.32 Å². The Bertz CT molecular complexity index is 964. The van der Waals surface area contributed by atoms with E-state index < -0.39 is 0 Å². The molecule has 1 amide bonds. The molecule has 27 heavy (non-hydrogen) atoms. The van der Waals surface area contributed by atoms with Crippen molar-refractivity contribution in [3.63, 3.8) is 0 Å². The molecule has 0 bridgehead atoms. The first-order valence-electron chi connectivity index (χ1n) is 8.98. The van der Waals surface area contributed by atoms with Crippen LogP contribution < -0.4 is 15.8 Å². The number of hydrogen-bond acceptors (Lipinski definition) is 6. The van der Waals surface area contributed by atoms with Crippen molar-refractivity contribution in [2.24, 2.45) is 0 Å². The third-order valence-corrected chi connectivity index (χ3v) is 4.38. The van der Waals surface area contributed by atoms with E-state index in [1.807, 2.05) is 18.2 Å². The van der Waals surface area contributed by atoms with Gasteiger partial charge in [-0.2, -0.15) is 0 Å². The van der Waals surface area contributed by atoms with Crippen LogP contribution in [-0.2, 0) is 11.3 Å². The number of carbonyl (C=O) groups excluding carboxylic acids is 1. The fourth-order valence-electron chi connectivity index (χ4n) is 2.94. The van der Waals surface area contributed by atoms with Crippen LogP contribution in [0.5, 0.6) is 0 Å². The van der Waals surface area contributed by atoms with E-state index in [2.05, 4.69) is 39.4 Å². The summed E-state index contributed by atoms with van der Waals surface area (Å²) in [5.41, 5.74) is 1.50. The van der Waals surface area contributed by atoms with Crippen LogP contribution in [0, 0.1) is 6.92 Å². The third-order valence-electron chi connectivity index (χ3n) is 4.38. The van der Waals surface area contributed by atoms with Crippen molar-refractivity contribution in [3.05, 3.63) is 52.7 Å². The van der Waals surface area contributed by atoms with Crippen molar-refractivity contribution in [3.8, 4) is 0 Å². The van der Waals surface area contributed by atoms with Gasteiger partial charge in [-0.25, -0.2) is 4.98 Å². The van der Waals surface area contributed by atoms with Gasteiger partial charge in [0.05, 0.1) is 5.69 Å². The zero-order valence-corrected chi connectivity index (χ0v) is 15.5. The maximum Gasteiger partial charge on any atom is 0.267 e. The van der Waals surface area contributed by atoms with E-state index in [0.29, 0.717) is 17.6 Å². The molecule has 1 N–H and O–H groups in total. The molecule has 0 radical (unpaired) electrons. The molecule has 0 spiro atoms. The van der Waals surface area contributed by atoms with E-state index in [4.69, 9.17) is 4.52 Å². The lowest BCUT2D eigenvalue weighted by Gasteiger charge is -2.23. The van der Waals surface area contributed by atoms with E-state index in [1.54, 1.807) is 6.92 Å². The van der Waals surface area contributed by atoms with Crippen LogP contribution in [0.25, 0.3) is 11.1 Å². The Hall–Kier alpha value is -3.16. The Morgan fingerprint density at radius 3 is 2.81 bits per heavy atom. The monoisotopic (exact) mass is 369 g/mol. The average molecular weight is 369 g/mol. The molecule has 3 rings (SSSR count). The van der Waals surface area contributed by atoms with E-state index in [9.17, 15) is 9.59 Å². The number of hydrogen-bond donors (Lipinski definition) is 1. The number of fused-ring (bicyclic) bond motifs is 1. The molecule has 0 aliphatic heterocycles. The maximum atomic E-state index is 12.4. The molecule has 8 heteroatoms. The highest BCUT2D eigenvalue weighted by Gasteiger charge is 2.13. The highest BCUT2D eigenvalue weighted by molar-refractivity contribution is 5.77. The zero-order chi connectivity index (χ0) is 19.2. The summed E-state index contributed by atoms with van der Waals surface area (Å²) in [5.74, 6) is -0.227. The van der Waals surface area contributed by atoms with E-state index in [-0.39, 0.29) is 23.7 Å². The van der Waals surface area contributed by atoms with Crippen molar-refractivity contribution in [2.75, 3.05) is 24.5 Å². The highest BCUT2D eigenvalue weighted by Crippen LogP contribution is 2.12. The molecule has 0 fully saturated rings. The van der Waals surface area contributed by atoms with Crippen molar-refractivity contribution in [1.82, 2.24) is 20.0 Å². The first-order chi connectivity index (χ1) is 13.1. The Morgan fingerprint density at radius 2 is 2.07 bits per heavy atom. The second kappa shape index (κ2) is 8.48. The number of rotatable bonds is 8. The number of benzene rings is 1. The zero-order valence-electron chi connectivity index (χ0n) is 15.5. The first kappa shape index (κ1) is 18.6. The minimum Gasteiger partial charge on any atom is -0.372 e. The molecule has 0 aliphatic rings. The maximum absolute atomic E-state index is 12.4. The van der Waals surface area contributed by atoms with Crippen LogP contribution in [0.1, 0.15) is 19.0 Å². The summed E-state index contributed by atoms with van der Waals surface area (Å²) in [4.78, 5) is 30.8. The summed E-state index contributed by atoms with van der Waals surface area (Å²) in [7, 11) is 0. The number of para-hydroxylation sites is 1. The fourth-order valence-corrected chi connectivity index (χ4v) is 2.94. The second-order valence-electron chi connectivity index (χ2n) is 6.24. The van der Waals surface area contributed by atoms with Crippen LogP contribution >= 0.6 is 0 Å². The van der Waals surface area contributed by atoms with Gasteiger partial charge in [-0.3, -0.25) is 14.2 Å². The predicted octanol–water partition coefficient (Wildman–Crippen LogP) is 1.73. The van der Waals surface area contributed by atoms with Gasteiger partial charge in [-0.15, -0.1) is 0 Å². The van der Waals surface area contributed by atoms with Gasteiger partial charge in [-0.05, 0) is 32.4 Å². The van der Waals surface area contributed by atoms with Crippen LogP contribution in [0.15, 0.2) is 46.0 Å². The Morgan fingerprint density at radius 1 is 1.30 bits per heavy atom. The van der Waals surface area contributed by atoms with Gasteiger partial charge in [0, 0.05) is 25.3 Å². The molecule has 2 heterocycles. The van der Waals surface area contributed by atoms with E-state index in [1.165, 1.54) is 16.6 Å². The van der Waals surface area contributed by atoms with Gasteiger partial charge in [0.2, 0.25) is 5.91 Å². The van der Waals surface area contributed by atoms with Crippen molar-refractivity contribution in [1.29, 1.82) is 0 Å². The standard InChI is InChI=1S/C19H23N5O3/c1-3-23(15-8-5-4-6-9-15)11-7-10-20-16(25)12-24-13-21-18-17(19(24)26)14(2)22-27-18/h4-6,8-9,13H,3,7,10-12H2,1-2H3,(H,20,25). The van der Waals surface area contributed by atoms with Gasteiger partial charge in [0.25, 0.3) is 11.3 Å². The first-order valence-corrected chi connectivity index (χ1v) is 8.98. The Labute approximate surface area is 156 Å². The van der Waals surface area contributed by atoms with Crippen molar-refractivity contribution in [2.45, 2.75) is 26.8 Å². The minimum absolute atomic E-state index is 0.0808. The van der Waals surface area contributed by atoms with Crippen LogP contribution in [0.4, 0.5) is 5.69 Å². The molecule has 2 aromatic heterocycles. The van der Waals surface area contributed by atoms with Crippen LogP contribution in [0.3, 0.4) is 0 Å². The van der Waals surface area contributed by atoms with E-state index >= 15 is 0 Å². The molecule has 0 unspecified atom stereocenters. The molecular weight excluding hydrogens is 346 g/mol. The summed E-state index contributed by atoms with van der Waals surface area (Å²) in [6, 6.07) is 10.2. The lowest BCUT2D eigenvalue weighted by atomic mass is 10.2. The second-order valence-corrected chi connectivity index (χ2v) is 6.24. The fraction of sp³-hybridized carbons (Fsp3) is 0.368. The molecule has 8 nitrogen and oxygen atoms in total. The molecule has 0 atom stereocenters. The summed E-state index contributed by atoms with van der Waals surface area (Å²) >= 11 is 0. The predicted molar refractivity (Wildman–Crippen MR) is 103 cm³/mol. The largest absolute Gasteiger partial charge is 0.372 e. The van der Waals surface area contributed by atoms with Gasteiger partial charge in [0.1, 0.15) is 18.3 Å². The third kappa shape index (κ3) is 4.33. The number of amides is 1. The number of aryl methyl sites for hydroxylation is 1. The number of carbonyl (C=O) groups is 1. The lowest BCUT2D eigenvalue weighted by Crippen LogP contribution is -2.34. The van der Waals surface area contributed by atoms with Crippen LogP contribution in [0.2, 0.25) is 0 Å². The quantitative estimate of drug-likeness (QED) is 0.608. The average Bonchev–Trinajstić information content (AvgIpc) is 3.06. The SMILES string of the molecule is CCN(CCCNC(=O)Cn1cnc2onc(C)c2c1=O)c1ccccc1. The Balaban J connectivity index is 1.51. The smallest absolute Gasteiger partial charge is 0.267 e. The molecule has 3 aromatic rings. The molecule has 0 aliphatic carbocycles. The summed E-state index contributed by atoms with van der Waals surface area (Å²) in [5, 5.41) is 6.90. The van der Waals surface area contributed by atoms with Gasteiger partial charge in [-0.1, -0.05) is 23.4 Å². The molecule has 0 saturated carbocycles. The van der Waals surface area contributed by atoms with Gasteiger partial charge in [0.15, 0.2) is 0 Å². The molecule has 0 saturated heterocycles. The highest BCUT2D eigenvalue weighted by atomic mass is 16.5. The number of nitrogens with one attached hydrogen (secondary N) is 1. The van der Waals surface area contributed by atoms with Crippen LogP contribution in [-0.4, -0.2) is 40.2 Å². The molecule has 142 valence electrons. The number of nitrogens with zero attached hydrogens (tertiary/aromatic N) is 4. The number of aromatic nitrogens is 3. The number of anilines is 1. The molecule has 1 aromatic carbocycles. The van der Waals surface area contributed by atoms with Gasteiger partial charge >= 0.3 is 0 Å². The minimum atomic E-state index is -0.324. The lowest BCUT2D eigenvalue weighted by molar-refractivity contribution is -0.121. The summed E-state index contributed by atoms with van der Waals surface area (Å²) < 4.78 is 6.23. The topological polar surface area (TPSA) is 93.3 Å².